The van der Waals surface area contributed by atoms with Crippen molar-refractivity contribution in [3.63, 3.8) is 0 Å². The summed E-state index contributed by atoms with van der Waals surface area (Å²) in [6.07, 6.45) is 0.769. The predicted octanol–water partition coefficient (Wildman–Crippen LogP) is 1.33. The number of halogens is 1. The lowest BCUT2D eigenvalue weighted by atomic mass is 10.0. The molecule has 1 aromatic carbocycles. The van der Waals surface area contributed by atoms with Gasteiger partial charge < -0.3 is 9.80 Å². The molecule has 0 N–H and O–H groups in total. The van der Waals surface area contributed by atoms with Gasteiger partial charge in [-0.25, -0.2) is 0 Å². The Morgan fingerprint density at radius 2 is 1.86 bits per heavy atom. The van der Waals surface area contributed by atoms with Gasteiger partial charge in [0.15, 0.2) is 0 Å². The number of likely N-dealkylation sites (N-methyl/N-ethyl adjacent to an activating group) is 1. The summed E-state index contributed by atoms with van der Waals surface area (Å²) in [4.78, 5) is 30.1. The summed E-state index contributed by atoms with van der Waals surface area (Å²) in [5, 5.41) is 0. The number of hydrogen-bond acceptors (Lipinski definition) is 4. The number of nitrogens with zero attached hydrogens (tertiary/aromatic N) is 3. The minimum Gasteiger partial charge on any atom is -0.335 e. The highest BCUT2D eigenvalue weighted by Crippen LogP contribution is 2.22. The van der Waals surface area contributed by atoms with E-state index in [9.17, 15) is 9.59 Å². The number of aldehydes is 1. The van der Waals surface area contributed by atoms with Crippen LogP contribution in [0.25, 0.3) is 0 Å². The lowest BCUT2D eigenvalue weighted by molar-refractivity contribution is 0.0110. The number of hydrogen-bond donors (Lipinski definition) is 0. The summed E-state index contributed by atoms with van der Waals surface area (Å²) < 4.78 is 0.761. The van der Waals surface area contributed by atoms with Crippen molar-refractivity contribution in [3.05, 3.63) is 33.8 Å². The Bertz CT molecular complexity index is 579. The summed E-state index contributed by atoms with van der Waals surface area (Å²) in [5.41, 5.74) is 1.10. The molecule has 2 saturated heterocycles. The highest BCUT2D eigenvalue weighted by Gasteiger charge is 2.36. The fourth-order valence-electron chi connectivity index (χ4n) is 3.03. The van der Waals surface area contributed by atoms with E-state index in [4.69, 9.17) is 0 Å². The molecule has 2 aliphatic heterocycles. The van der Waals surface area contributed by atoms with Crippen LogP contribution in [0.1, 0.15) is 20.7 Å². The Morgan fingerprint density at radius 3 is 2.50 bits per heavy atom. The molecule has 0 aromatic heterocycles. The summed E-state index contributed by atoms with van der Waals surface area (Å²) in [6.45, 7) is 5.92. The van der Waals surface area contributed by atoms with Gasteiger partial charge in [0, 0.05) is 60.9 Å². The molecule has 2 heterocycles. The Kier molecular flexibility index (Phi) is 4.61. The Labute approximate surface area is 139 Å². The van der Waals surface area contributed by atoms with E-state index in [1.165, 1.54) is 0 Å². The van der Waals surface area contributed by atoms with Crippen LogP contribution in [0.4, 0.5) is 0 Å². The molecule has 118 valence electrons. The number of carbonyl (C=O) groups is 2. The molecule has 0 spiro atoms. The molecule has 1 amide bonds. The van der Waals surface area contributed by atoms with Crippen LogP contribution in [-0.2, 0) is 0 Å². The van der Waals surface area contributed by atoms with E-state index in [0.29, 0.717) is 17.2 Å². The second-order valence-corrected chi connectivity index (χ2v) is 7.01. The first-order valence-electron chi connectivity index (χ1n) is 7.54. The van der Waals surface area contributed by atoms with Gasteiger partial charge in [0.25, 0.3) is 5.91 Å². The number of likely N-dealkylation sites (tertiary alicyclic amines) is 1. The summed E-state index contributed by atoms with van der Waals surface area (Å²) >= 11 is 3.35. The van der Waals surface area contributed by atoms with E-state index >= 15 is 0 Å². The first kappa shape index (κ1) is 15.6. The van der Waals surface area contributed by atoms with Crippen molar-refractivity contribution >= 4 is 28.1 Å². The van der Waals surface area contributed by atoms with Crippen LogP contribution < -0.4 is 0 Å². The van der Waals surface area contributed by atoms with Gasteiger partial charge in [-0.05, 0) is 25.2 Å². The Balaban J connectivity index is 1.59. The minimum atomic E-state index is 0.00905. The standard InChI is InChI=1S/C16H20BrN3O2/c1-18-2-4-19(5-3-18)15-9-20(10-15)16(22)13-6-12(11-21)7-14(17)8-13/h6-8,11,15H,2-5,9-10H2,1H3. The quantitative estimate of drug-likeness (QED) is 0.758. The van der Waals surface area contributed by atoms with Crippen molar-refractivity contribution in [2.24, 2.45) is 0 Å². The number of piperazine rings is 1. The number of benzene rings is 1. The van der Waals surface area contributed by atoms with Crippen molar-refractivity contribution in [1.82, 2.24) is 14.7 Å². The molecule has 0 unspecified atom stereocenters. The third-order valence-electron chi connectivity index (χ3n) is 4.51. The zero-order chi connectivity index (χ0) is 15.7. The van der Waals surface area contributed by atoms with E-state index in [-0.39, 0.29) is 5.91 Å². The van der Waals surface area contributed by atoms with Crippen LogP contribution in [-0.4, -0.2) is 79.3 Å². The normalized spacial score (nSPS) is 20.7. The molecule has 0 saturated carbocycles. The van der Waals surface area contributed by atoms with Gasteiger partial charge in [0.1, 0.15) is 6.29 Å². The van der Waals surface area contributed by atoms with Gasteiger partial charge in [-0.2, -0.15) is 0 Å². The maximum absolute atomic E-state index is 12.5. The molecule has 3 rings (SSSR count). The van der Waals surface area contributed by atoms with E-state index in [0.717, 1.165) is 50.0 Å². The Morgan fingerprint density at radius 1 is 1.18 bits per heavy atom. The topological polar surface area (TPSA) is 43.9 Å². The van der Waals surface area contributed by atoms with Crippen LogP contribution in [0.2, 0.25) is 0 Å². The predicted molar refractivity (Wildman–Crippen MR) is 88.3 cm³/mol. The van der Waals surface area contributed by atoms with Gasteiger partial charge in [0.05, 0.1) is 0 Å². The van der Waals surface area contributed by atoms with E-state index < -0.39 is 0 Å². The fourth-order valence-corrected chi connectivity index (χ4v) is 3.54. The van der Waals surface area contributed by atoms with Crippen molar-refractivity contribution in [2.45, 2.75) is 6.04 Å². The van der Waals surface area contributed by atoms with Crippen LogP contribution in [0.3, 0.4) is 0 Å². The zero-order valence-corrected chi connectivity index (χ0v) is 14.3. The molecule has 0 aliphatic carbocycles. The molecular formula is C16H20BrN3O2. The smallest absolute Gasteiger partial charge is 0.254 e. The van der Waals surface area contributed by atoms with Crippen LogP contribution in [0, 0.1) is 0 Å². The van der Waals surface area contributed by atoms with Crippen molar-refractivity contribution < 1.29 is 9.59 Å². The average molecular weight is 366 g/mol. The monoisotopic (exact) mass is 365 g/mol. The molecular weight excluding hydrogens is 346 g/mol. The molecule has 2 aliphatic rings. The Hall–Kier alpha value is -1.24. The second-order valence-electron chi connectivity index (χ2n) is 6.09. The fraction of sp³-hybridized carbons (Fsp3) is 0.500. The summed E-state index contributed by atoms with van der Waals surface area (Å²) in [7, 11) is 2.14. The third-order valence-corrected chi connectivity index (χ3v) is 4.96. The maximum atomic E-state index is 12.5. The summed E-state index contributed by atoms with van der Waals surface area (Å²) in [5.74, 6) is 0.00905. The lowest BCUT2D eigenvalue weighted by Gasteiger charge is -2.47. The maximum Gasteiger partial charge on any atom is 0.254 e. The SMILES string of the molecule is CN1CCN(C2CN(C(=O)c3cc(Br)cc(C=O)c3)C2)CC1. The molecule has 22 heavy (non-hydrogen) atoms. The van der Waals surface area contributed by atoms with Crippen molar-refractivity contribution in [2.75, 3.05) is 46.3 Å². The summed E-state index contributed by atoms with van der Waals surface area (Å²) in [6, 6.07) is 5.63. The molecule has 2 fully saturated rings. The first-order valence-corrected chi connectivity index (χ1v) is 8.34. The van der Waals surface area contributed by atoms with Crippen molar-refractivity contribution in [3.8, 4) is 0 Å². The zero-order valence-electron chi connectivity index (χ0n) is 12.7. The highest BCUT2D eigenvalue weighted by atomic mass is 79.9. The number of rotatable bonds is 3. The second kappa shape index (κ2) is 6.48. The van der Waals surface area contributed by atoms with Gasteiger partial charge in [-0.3, -0.25) is 14.5 Å². The van der Waals surface area contributed by atoms with Crippen LogP contribution in [0.15, 0.2) is 22.7 Å². The molecule has 6 heteroatoms. The lowest BCUT2D eigenvalue weighted by Crippen LogP contribution is -2.63. The van der Waals surface area contributed by atoms with E-state index in [1.807, 2.05) is 4.90 Å². The van der Waals surface area contributed by atoms with E-state index in [1.54, 1.807) is 18.2 Å². The van der Waals surface area contributed by atoms with Crippen LogP contribution >= 0.6 is 15.9 Å². The van der Waals surface area contributed by atoms with Gasteiger partial charge in [-0.1, -0.05) is 15.9 Å². The van der Waals surface area contributed by atoms with E-state index in [2.05, 4.69) is 32.8 Å². The van der Waals surface area contributed by atoms with Gasteiger partial charge >= 0.3 is 0 Å². The van der Waals surface area contributed by atoms with Crippen molar-refractivity contribution in [1.29, 1.82) is 0 Å². The number of carbonyl (C=O) groups excluding carboxylic acids is 2. The van der Waals surface area contributed by atoms with Gasteiger partial charge in [0.2, 0.25) is 0 Å². The first-order chi connectivity index (χ1) is 10.6. The molecule has 1 aromatic rings. The van der Waals surface area contributed by atoms with Gasteiger partial charge in [-0.15, -0.1) is 0 Å². The molecule has 0 bridgehead atoms. The average Bonchev–Trinajstić information content (AvgIpc) is 2.47. The number of amides is 1. The molecule has 0 radical (unpaired) electrons. The van der Waals surface area contributed by atoms with Crippen LogP contribution in [0.5, 0.6) is 0 Å². The largest absolute Gasteiger partial charge is 0.335 e. The molecule has 5 nitrogen and oxygen atoms in total. The molecule has 0 atom stereocenters. The third kappa shape index (κ3) is 3.24. The minimum absolute atomic E-state index is 0.00905. The highest BCUT2D eigenvalue weighted by molar-refractivity contribution is 9.10.